The zero-order chi connectivity index (χ0) is 28.0. The second kappa shape index (κ2) is 11.9. The second-order valence-electron chi connectivity index (χ2n) is 11.5. The molecule has 0 aliphatic carbocycles. The van der Waals surface area contributed by atoms with E-state index >= 15 is 0 Å². The van der Waals surface area contributed by atoms with Gasteiger partial charge in [-0.15, -0.1) is 6.42 Å². The molecule has 2 aromatic rings. The third-order valence-corrected chi connectivity index (χ3v) is 8.14. The van der Waals surface area contributed by atoms with Crippen LogP contribution in [0.5, 0.6) is 0 Å². The van der Waals surface area contributed by atoms with Crippen molar-refractivity contribution in [1.82, 2.24) is 5.32 Å². The number of carbonyl (C=O) groups excluding carboxylic acids is 1. The molecule has 4 rings (SSSR count). The zero-order valence-electron chi connectivity index (χ0n) is 24.1. The molecule has 202 valence electrons. The minimum Gasteiger partial charge on any atom is -0.345 e. The van der Waals surface area contributed by atoms with Gasteiger partial charge in [0.15, 0.2) is 5.71 Å². The molecule has 0 saturated heterocycles. The summed E-state index contributed by atoms with van der Waals surface area (Å²) in [4.78, 5) is 14.3. The van der Waals surface area contributed by atoms with Gasteiger partial charge in [-0.3, -0.25) is 4.79 Å². The topological polar surface area (TPSA) is 35.4 Å². The van der Waals surface area contributed by atoms with E-state index in [0.717, 1.165) is 25.8 Å². The molecule has 0 aromatic heterocycles. The number of anilines is 1. The third kappa shape index (κ3) is 5.78. The lowest BCUT2D eigenvalue weighted by atomic mass is 9.81. The number of terminal acetylenes is 1. The summed E-state index contributed by atoms with van der Waals surface area (Å²) in [6, 6.07) is 17.4. The average Bonchev–Trinajstić information content (AvgIpc) is 3.26. The van der Waals surface area contributed by atoms with Crippen LogP contribution in [0.4, 0.5) is 11.4 Å². The van der Waals surface area contributed by atoms with Gasteiger partial charge in [0.1, 0.15) is 7.05 Å². The van der Waals surface area contributed by atoms with Gasteiger partial charge in [-0.1, -0.05) is 80.8 Å². The van der Waals surface area contributed by atoms with Crippen molar-refractivity contribution in [2.24, 2.45) is 0 Å². The van der Waals surface area contributed by atoms with Gasteiger partial charge in [0.25, 0.3) is 0 Å². The molecule has 1 N–H and O–H groups in total. The fraction of sp³-hybridized carbons (Fsp3) is 0.371. The lowest BCUT2D eigenvalue weighted by Gasteiger charge is -2.27. The molecule has 0 spiro atoms. The highest BCUT2D eigenvalue weighted by atomic mass is 16.1. The van der Waals surface area contributed by atoms with Crippen molar-refractivity contribution in [1.29, 1.82) is 0 Å². The molecule has 0 saturated carbocycles. The number of nitrogens with one attached hydrogen (secondary N) is 1. The number of benzene rings is 2. The smallest absolute Gasteiger partial charge is 0.220 e. The lowest BCUT2D eigenvalue weighted by molar-refractivity contribution is -0.401. The van der Waals surface area contributed by atoms with Gasteiger partial charge in [-0.05, 0) is 44.4 Å². The lowest BCUT2D eigenvalue weighted by Crippen LogP contribution is -2.27. The summed E-state index contributed by atoms with van der Waals surface area (Å²) in [5, 5.41) is 2.75. The first-order chi connectivity index (χ1) is 18.7. The Kier molecular flexibility index (Phi) is 8.60. The second-order valence-corrected chi connectivity index (χ2v) is 11.5. The predicted octanol–water partition coefficient (Wildman–Crippen LogP) is 6.80. The monoisotopic (exact) mass is 520 g/mol. The van der Waals surface area contributed by atoms with E-state index in [2.05, 4.69) is 134 Å². The van der Waals surface area contributed by atoms with Crippen LogP contribution in [-0.2, 0) is 15.6 Å². The third-order valence-electron chi connectivity index (χ3n) is 8.14. The predicted molar refractivity (Wildman–Crippen MR) is 164 cm³/mol. The minimum absolute atomic E-state index is 0.0258. The number of rotatable bonds is 10. The van der Waals surface area contributed by atoms with Gasteiger partial charge in [0, 0.05) is 47.5 Å². The van der Waals surface area contributed by atoms with Crippen LogP contribution in [0.3, 0.4) is 0 Å². The Morgan fingerprint density at radius 2 is 1.67 bits per heavy atom. The Hall–Kier alpha value is -3.84. The van der Waals surface area contributed by atoms with E-state index in [4.69, 9.17) is 6.42 Å². The van der Waals surface area contributed by atoms with Crippen molar-refractivity contribution >= 4 is 23.0 Å². The van der Waals surface area contributed by atoms with E-state index in [1.165, 1.54) is 33.9 Å². The number of hydrogen-bond acceptors (Lipinski definition) is 2. The van der Waals surface area contributed by atoms with Gasteiger partial charge < -0.3 is 10.2 Å². The van der Waals surface area contributed by atoms with Crippen LogP contribution < -0.4 is 10.2 Å². The van der Waals surface area contributed by atoms with E-state index in [0.29, 0.717) is 13.0 Å². The Bertz CT molecular complexity index is 1380. The Morgan fingerprint density at radius 1 is 0.949 bits per heavy atom. The molecule has 2 aromatic carbocycles. The van der Waals surface area contributed by atoms with Gasteiger partial charge in [0.05, 0.1) is 12.0 Å². The summed E-state index contributed by atoms with van der Waals surface area (Å²) < 4.78 is 2.30. The first kappa shape index (κ1) is 28.2. The molecule has 4 heteroatoms. The number of unbranched alkanes of at least 4 members (excludes halogenated alkanes) is 2. The van der Waals surface area contributed by atoms with Crippen molar-refractivity contribution < 1.29 is 9.37 Å². The molecule has 1 amide bonds. The first-order valence-corrected chi connectivity index (χ1v) is 14.0. The SMILES string of the molecule is C#CCNC(=O)CCCCCN1C(=CC=CC=CC2=[N+](C)c3ccccc3C2(C)C)C(C)(C)c2ccccc21. The standard InChI is InChI=1S/C35H41N3O/c1-7-25-36-33(39)24-12-9-17-26-38-30-21-16-14-19-28(30)35(4,5)32(38)23-11-8-10-22-31-34(2,3)27-18-13-15-20-29(27)37(31)6/h1,8,10-11,13-16,18-23H,9,12,17,24-26H2,2-6H3/p+1. The van der Waals surface area contributed by atoms with Crippen molar-refractivity contribution in [3.8, 4) is 12.3 Å². The number of allylic oxidation sites excluding steroid dienone is 6. The highest BCUT2D eigenvalue weighted by Crippen LogP contribution is 2.47. The number of nitrogens with zero attached hydrogens (tertiary/aromatic N) is 2. The number of para-hydroxylation sites is 2. The zero-order valence-corrected chi connectivity index (χ0v) is 24.1. The van der Waals surface area contributed by atoms with E-state index in [1.807, 2.05) is 0 Å². The molecule has 4 nitrogen and oxygen atoms in total. The Balaban J connectivity index is 1.46. The van der Waals surface area contributed by atoms with E-state index in [-0.39, 0.29) is 16.7 Å². The van der Waals surface area contributed by atoms with Crippen molar-refractivity contribution in [2.45, 2.75) is 64.2 Å². The van der Waals surface area contributed by atoms with Crippen LogP contribution in [0, 0.1) is 12.3 Å². The van der Waals surface area contributed by atoms with E-state index < -0.39 is 0 Å². The quantitative estimate of drug-likeness (QED) is 0.162. The van der Waals surface area contributed by atoms with Crippen LogP contribution in [-0.4, -0.2) is 36.3 Å². The molecule has 0 radical (unpaired) electrons. The molecule has 39 heavy (non-hydrogen) atoms. The maximum absolute atomic E-state index is 11.8. The van der Waals surface area contributed by atoms with Crippen molar-refractivity contribution in [3.63, 3.8) is 0 Å². The molecule has 0 atom stereocenters. The van der Waals surface area contributed by atoms with Gasteiger partial charge in [-0.2, -0.15) is 4.58 Å². The summed E-state index contributed by atoms with van der Waals surface area (Å²) in [7, 11) is 2.15. The molecule has 0 bridgehead atoms. The van der Waals surface area contributed by atoms with Gasteiger partial charge >= 0.3 is 0 Å². The van der Waals surface area contributed by atoms with Gasteiger partial charge in [0.2, 0.25) is 11.6 Å². The van der Waals surface area contributed by atoms with Crippen LogP contribution in [0.25, 0.3) is 0 Å². The summed E-state index contributed by atoms with van der Waals surface area (Å²) >= 11 is 0. The van der Waals surface area contributed by atoms with Gasteiger partial charge in [-0.25, -0.2) is 0 Å². The summed E-state index contributed by atoms with van der Waals surface area (Å²) in [5.74, 6) is 2.49. The number of fused-ring (bicyclic) bond motifs is 2. The van der Waals surface area contributed by atoms with Crippen LogP contribution in [0.1, 0.15) is 64.5 Å². The van der Waals surface area contributed by atoms with Crippen molar-refractivity contribution in [2.75, 3.05) is 25.0 Å². The molecule has 2 aliphatic rings. The number of amides is 1. The minimum atomic E-state index is -0.0796. The number of hydrogen-bond donors (Lipinski definition) is 1. The summed E-state index contributed by atoms with van der Waals surface area (Å²) in [5.41, 5.74) is 7.78. The van der Waals surface area contributed by atoms with E-state index in [1.54, 1.807) is 0 Å². The van der Waals surface area contributed by atoms with Crippen molar-refractivity contribution in [3.05, 3.63) is 95.7 Å². The van der Waals surface area contributed by atoms with E-state index in [9.17, 15) is 4.79 Å². The average molecular weight is 521 g/mol. The summed E-state index contributed by atoms with van der Waals surface area (Å²) in [6.07, 6.45) is 19.6. The molecular weight excluding hydrogens is 478 g/mol. The molecular formula is C35H42N3O+. The normalized spacial score (nSPS) is 18.2. The Morgan fingerprint density at radius 3 is 2.41 bits per heavy atom. The largest absolute Gasteiger partial charge is 0.345 e. The number of carbonyl (C=O) groups is 1. The fourth-order valence-electron chi connectivity index (χ4n) is 6.01. The maximum atomic E-state index is 11.8. The Labute approximate surface area is 234 Å². The highest BCUT2D eigenvalue weighted by Gasteiger charge is 2.42. The van der Waals surface area contributed by atoms with Crippen LogP contribution in [0.15, 0.2) is 84.6 Å². The molecule has 0 unspecified atom stereocenters. The first-order valence-electron chi connectivity index (χ1n) is 14.0. The fourth-order valence-corrected chi connectivity index (χ4v) is 6.01. The molecule has 0 fully saturated rings. The molecule has 2 heterocycles. The highest BCUT2D eigenvalue weighted by molar-refractivity contribution is 6.03. The maximum Gasteiger partial charge on any atom is 0.220 e. The molecule has 2 aliphatic heterocycles. The van der Waals surface area contributed by atoms with Crippen LogP contribution in [0.2, 0.25) is 0 Å². The van der Waals surface area contributed by atoms with Crippen LogP contribution >= 0.6 is 0 Å². The summed E-state index contributed by atoms with van der Waals surface area (Å²) in [6.45, 7) is 10.4.